The lowest BCUT2D eigenvalue weighted by molar-refractivity contribution is 0.0322. The van der Waals surface area contributed by atoms with Gasteiger partial charge in [0.05, 0.1) is 10.9 Å². The summed E-state index contributed by atoms with van der Waals surface area (Å²) in [5.74, 6) is -0.391. The first-order chi connectivity index (χ1) is 13.3. The topological polar surface area (TPSA) is 105 Å². The number of carbonyl (C=O) groups is 1. The molecule has 3 heterocycles. The number of nitrogens with zero attached hydrogens (tertiary/aromatic N) is 1. The van der Waals surface area contributed by atoms with Crippen molar-refractivity contribution in [1.29, 1.82) is 0 Å². The number of ether oxygens (including phenoxy) is 1. The average Bonchev–Trinajstić information content (AvgIpc) is 2.95. The maximum absolute atomic E-state index is 12.7. The van der Waals surface area contributed by atoms with E-state index in [1.165, 1.54) is 17.4 Å². The van der Waals surface area contributed by atoms with Gasteiger partial charge in [-0.05, 0) is 32.4 Å². The van der Waals surface area contributed by atoms with Crippen molar-refractivity contribution in [3.05, 3.63) is 72.9 Å². The number of carbonyl (C=O) groups excluding carboxylic acids is 1. The summed E-state index contributed by atoms with van der Waals surface area (Å²) in [6.45, 7) is 5.44. The highest BCUT2D eigenvalue weighted by Gasteiger charge is 2.20. The molecular weight excluding hydrogens is 378 g/mol. The van der Waals surface area contributed by atoms with Gasteiger partial charge >= 0.3 is 5.97 Å². The van der Waals surface area contributed by atoms with E-state index >= 15 is 0 Å². The maximum Gasteiger partial charge on any atom is 0.339 e. The number of thiophene rings is 1. The van der Waals surface area contributed by atoms with Crippen molar-refractivity contribution < 1.29 is 9.53 Å². The van der Waals surface area contributed by atoms with Gasteiger partial charge in [0, 0.05) is 21.8 Å². The highest BCUT2D eigenvalue weighted by Crippen LogP contribution is 2.27. The van der Waals surface area contributed by atoms with Crippen LogP contribution in [0, 0.1) is 13.8 Å². The molecule has 0 aliphatic carbocycles. The van der Waals surface area contributed by atoms with Crippen LogP contribution in [0.25, 0.3) is 21.1 Å². The Morgan fingerprint density at radius 2 is 1.93 bits per heavy atom. The van der Waals surface area contributed by atoms with Gasteiger partial charge in [0.1, 0.15) is 4.83 Å². The average molecular weight is 395 g/mol. The fourth-order valence-corrected chi connectivity index (χ4v) is 4.15. The number of rotatable bonds is 3. The number of aryl methyl sites for hydroxylation is 2. The number of aromatic amines is 2. The van der Waals surface area contributed by atoms with E-state index in [0.717, 1.165) is 10.4 Å². The Balaban J connectivity index is 1.70. The molecule has 0 bridgehead atoms. The van der Waals surface area contributed by atoms with Crippen molar-refractivity contribution in [2.75, 3.05) is 0 Å². The molecule has 1 aromatic carbocycles. The molecule has 8 heteroatoms. The predicted octanol–water partition coefficient (Wildman–Crippen LogP) is 3.36. The van der Waals surface area contributed by atoms with Crippen LogP contribution in [-0.2, 0) is 4.74 Å². The zero-order valence-electron chi connectivity index (χ0n) is 15.5. The summed E-state index contributed by atoms with van der Waals surface area (Å²) in [5, 5.41) is 1.14. The Bertz CT molecular complexity index is 1350. The summed E-state index contributed by atoms with van der Waals surface area (Å²) in [6, 6.07) is 8.20. The van der Waals surface area contributed by atoms with E-state index in [9.17, 15) is 14.4 Å². The maximum atomic E-state index is 12.7. The second-order valence-corrected chi connectivity index (χ2v) is 7.76. The molecule has 0 radical (unpaired) electrons. The van der Waals surface area contributed by atoms with Crippen LogP contribution in [0.4, 0.5) is 0 Å². The highest BCUT2D eigenvalue weighted by atomic mass is 32.1. The number of benzene rings is 1. The molecule has 3 aromatic heterocycles. The molecule has 4 aromatic rings. The van der Waals surface area contributed by atoms with Gasteiger partial charge in [0.25, 0.3) is 5.56 Å². The first-order valence-electron chi connectivity index (χ1n) is 8.68. The molecule has 0 aliphatic heterocycles. The standard InChI is InChI=1S/C20H17N3O4S/c1-9-11(3)28-19-16(9)18(25)22-17(23-19)10(2)27-20(26)13-8-15(24)21-14-7-5-4-6-12(13)14/h4-8,10H,1-3H3,(H,21,24)(H,22,23,25)/t10-/m0/s1. The van der Waals surface area contributed by atoms with Crippen molar-refractivity contribution >= 4 is 38.4 Å². The SMILES string of the molecule is Cc1sc2nc([C@H](C)OC(=O)c3cc(=O)[nH]c4ccccc34)[nH]c(=O)c2c1C. The van der Waals surface area contributed by atoms with Gasteiger partial charge in [0.15, 0.2) is 11.9 Å². The molecule has 0 fully saturated rings. The molecule has 0 unspecified atom stereocenters. The van der Waals surface area contributed by atoms with E-state index in [-0.39, 0.29) is 16.9 Å². The number of fused-ring (bicyclic) bond motifs is 2. The van der Waals surface area contributed by atoms with Gasteiger partial charge in [-0.1, -0.05) is 18.2 Å². The Hall–Kier alpha value is -3.26. The molecule has 4 rings (SSSR count). The van der Waals surface area contributed by atoms with E-state index in [0.29, 0.717) is 21.1 Å². The van der Waals surface area contributed by atoms with Crippen LogP contribution in [-0.4, -0.2) is 20.9 Å². The molecule has 0 aliphatic rings. The van der Waals surface area contributed by atoms with Crippen molar-refractivity contribution in [3.8, 4) is 0 Å². The normalized spacial score (nSPS) is 12.4. The number of hydrogen-bond donors (Lipinski definition) is 2. The zero-order valence-corrected chi connectivity index (χ0v) is 16.3. The Morgan fingerprint density at radius 1 is 1.18 bits per heavy atom. The molecule has 2 N–H and O–H groups in total. The number of pyridine rings is 1. The van der Waals surface area contributed by atoms with Crippen LogP contribution in [0.2, 0.25) is 0 Å². The van der Waals surface area contributed by atoms with Gasteiger partial charge in [-0.15, -0.1) is 11.3 Å². The lowest BCUT2D eigenvalue weighted by Crippen LogP contribution is -2.18. The zero-order chi connectivity index (χ0) is 20.0. The summed E-state index contributed by atoms with van der Waals surface area (Å²) in [7, 11) is 0. The molecule has 0 spiro atoms. The van der Waals surface area contributed by atoms with E-state index in [2.05, 4.69) is 15.0 Å². The minimum absolute atomic E-state index is 0.164. The first kappa shape index (κ1) is 18.1. The lowest BCUT2D eigenvalue weighted by Gasteiger charge is -2.13. The quantitative estimate of drug-likeness (QED) is 0.518. The van der Waals surface area contributed by atoms with Crippen molar-refractivity contribution in [2.24, 2.45) is 0 Å². The number of H-pyrrole nitrogens is 2. The Labute approximate surface area is 163 Å². The van der Waals surface area contributed by atoms with Crippen LogP contribution >= 0.6 is 11.3 Å². The predicted molar refractivity (Wildman–Crippen MR) is 108 cm³/mol. The Kier molecular flexibility index (Phi) is 4.35. The van der Waals surface area contributed by atoms with Gasteiger partial charge < -0.3 is 14.7 Å². The second kappa shape index (κ2) is 6.72. The molecular formula is C20H17N3O4S. The second-order valence-electron chi connectivity index (χ2n) is 6.55. The smallest absolute Gasteiger partial charge is 0.339 e. The van der Waals surface area contributed by atoms with E-state index in [1.807, 2.05) is 13.8 Å². The largest absolute Gasteiger partial charge is 0.451 e. The van der Waals surface area contributed by atoms with Crippen LogP contribution in [0.1, 0.15) is 39.7 Å². The fraction of sp³-hybridized carbons (Fsp3) is 0.200. The third-order valence-corrected chi connectivity index (χ3v) is 5.80. The number of nitrogens with one attached hydrogen (secondary N) is 2. The van der Waals surface area contributed by atoms with Gasteiger partial charge in [-0.3, -0.25) is 9.59 Å². The molecule has 28 heavy (non-hydrogen) atoms. The van der Waals surface area contributed by atoms with E-state index in [1.54, 1.807) is 31.2 Å². The monoisotopic (exact) mass is 395 g/mol. The summed E-state index contributed by atoms with van der Waals surface area (Å²) in [5.41, 5.74) is 0.964. The van der Waals surface area contributed by atoms with Crippen molar-refractivity contribution in [1.82, 2.24) is 15.0 Å². The number of hydrogen-bond acceptors (Lipinski definition) is 6. The highest BCUT2D eigenvalue weighted by molar-refractivity contribution is 7.18. The summed E-state index contributed by atoms with van der Waals surface area (Å²) in [4.78, 5) is 48.5. The summed E-state index contributed by atoms with van der Waals surface area (Å²) >= 11 is 1.43. The van der Waals surface area contributed by atoms with E-state index in [4.69, 9.17) is 4.74 Å². The minimum Gasteiger partial charge on any atom is -0.451 e. The lowest BCUT2D eigenvalue weighted by atomic mass is 10.1. The molecule has 0 saturated heterocycles. The molecule has 0 amide bonds. The van der Waals surface area contributed by atoms with Crippen molar-refractivity contribution in [2.45, 2.75) is 26.9 Å². The first-order valence-corrected chi connectivity index (χ1v) is 9.49. The van der Waals surface area contributed by atoms with Crippen molar-refractivity contribution in [3.63, 3.8) is 0 Å². The fourth-order valence-electron chi connectivity index (χ4n) is 3.12. The molecule has 1 atom stereocenters. The summed E-state index contributed by atoms with van der Waals surface area (Å²) < 4.78 is 5.51. The van der Waals surface area contributed by atoms with Gasteiger partial charge in [0.2, 0.25) is 5.56 Å². The summed E-state index contributed by atoms with van der Waals surface area (Å²) in [6.07, 6.45) is -0.787. The van der Waals surface area contributed by atoms with Gasteiger partial charge in [-0.25, -0.2) is 9.78 Å². The van der Waals surface area contributed by atoms with Crippen LogP contribution in [0.5, 0.6) is 0 Å². The third kappa shape index (κ3) is 3.01. The van der Waals surface area contributed by atoms with Gasteiger partial charge in [-0.2, -0.15) is 0 Å². The minimum atomic E-state index is -0.787. The number of aromatic nitrogens is 3. The van der Waals surface area contributed by atoms with Crippen LogP contribution in [0.3, 0.4) is 0 Å². The molecule has 7 nitrogen and oxygen atoms in total. The molecule has 0 saturated carbocycles. The molecule has 142 valence electrons. The third-order valence-electron chi connectivity index (χ3n) is 4.70. The van der Waals surface area contributed by atoms with E-state index < -0.39 is 17.6 Å². The Morgan fingerprint density at radius 3 is 2.71 bits per heavy atom. The number of para-hydroxylation sites is 1. The van der Waals surface area contributed by atoms with Crippen LogP contribution < -0.4 is 11.1 Å². The number of esters is 1. The van der Waals surface area contributed by atoms with Crippen LogP contribution in [0.15, 0.2) is 39.9 Å².